The number of nitrogens with one attached hydrogen (secondary N) is 4. The highest BCUT2D eigenvalue weighted by atomic mass is 33.1. The van der Waals surface area contributed by atoms with Gasteiger partial charge in [-0.2, -0.15) is 0 Å². The number of likely N-dealkylation sites (N-methyl/N-ethyl adjacent to an activating group) is 1. The summed E-state index contributed by atoms with van der Waals surface area (Å²) in [7, 11) is 3.55. The van der Waals surface area contributed by atoms with E-state index in [1.165, 1.54) is 14.0 Å². The Kier molecular flexibility index (Phi) is 25.6. The molecule has 24 nitrogen and oxygen atoms in total. The van der Waals surface area contributed by atoms with Crippen LogP contribution in [0.2, 0.25) is 0 Å². The van der Waals surface area contributed by atoms with Crippen LogP contribution in [-0.4, -0.2) is 220 Å². The first kappa shape index (κ1) is 53.4. The Labute approximate surface area is 354 Å². The molecule has 0 bridgehead atoms. The van der Waals surface area contributed by atoms with E-state index in [1.807, 2.05) is 0 Å². The van der Waals surface area contributed by atoms with Gasteiger partial charge < -0.3 is 53.2 Å². The lowest BCUT2D eigenvalue weighted by Gasteiger charge is -2.33. The molecule has 12 N–H and O–H groups in total. The number of carboxylic acid groups (broad SMARTS) is 4. The Morgan fingerprint density at radius 2 is 0.883 bits per heavy atom. The van der Waals surface area contributed by atoms with E-state index in [9.17, 15) is 63.3 Å². The second kappa shape index (κ2) is 28.8. The summed E-state index contributed by atoms with van der Waals surface area (Å²) in [5, 5.41) is 47.3. The van der Waals surface area contributed by atoms with Crippen LogP contribution in [-0.2, 0) is 47.9 Å². The number of carbonyl (C=O) groups excluding carboxylic acids is 6. The zero-order valence-electron chi connectivity index (χ0n) is 33.7. The first-order valence-electron chi connectivity index (χ1n) is 18.9. The molecule has 1 heterocycles. The molecule has 4 unspecified atom stereocenters. The van der Waals surface area contributed by atoms with Crippen molar-refractivity contribution in [3.63, 3.8) is 0 Å². The fourth-order valence-electron chi connectivity index (χ4n) is 5.72. The molecule has 1 saturated heterocycles. The molecular formula is C34H58N10O14S2. The van der Waals surface area contributed by atoms with Crippen LogP contribution in [0.4, 0.5) is 0 Å². The normalized spacial score (nSPS) is 17.0. The van der Waals surface area contributed by atoms with E-state index < -0.39 is 83.4 Å². The maximum Gasteiger partial charge on any atom is 0.317 e. The summed E-state index contributed by atoms with van der Waals surface area (Å²) < 4.78 is 0. The molecule has 0 spiro atoms. The number of aliphatic carboxylic acids is 4. The van der Waals surface area contributed by atoms with Gasteiger partial charge in [0.25, 0.3) is 0 Å². The Balaban J connectivity index is 2.82. The van der Waals surface area contributed by atoms with Gasteiger partial charge in [0.05, 0.1) is 38.3 Å². The number of ketones is 1. The molecule has 0 aliphatic carbocycles. The number of hydrogen-bond donors (Lipinski definition) is 10. The summed E-state index contributed by atoms with van der Waals surface area (Å²) in [5.41, 5.74) is 11.0. The Morgan fingerprint density at radius 3 is 1.22 bits per heavy atom. The number of rotatable bonds is 27. The average molecular weight is 895 g/mol. The van der Waals surface area contributed by atoms with Gasteiger partial charge in [0.1, 0.15) is 12.1 Å². The largest absolute Gasteiger partial charge is 0.481 e. The van der Waals surface area contributed by atoms with Crippen molar-refractivity contribution in [2.75, 3.05) is 97.1 Å². The van der Waals surface area contributed by atoms with Crippen LogP contribution < -0.4 is 32.7 Å². The van der Waals surface area contributed by atoms with Crippen molar-refractivity contribution in [2.24, 2.45) is 11.5 Å². The van der Waals surface area contributed by atoms with Crippen molar-refractivity contribution in [1.82, 2.24) is 40.9 Å². The Morgan fingerprint density at radius 1 is 0.517 bits per heavy atom. The minimum absolute atomic E-state index is 0.0307. The van der Waals surface area contributed by atoms with E-state index in [4.69, 9.17) is 16.6 Å². The topological polar surface area (TPSA) is 365 Å². The first-order valence-corrected chi connectivity index (χ1v) is 21.4. The highest BCUT2D eigenvalue weighted by molar-refractivity contribution is 8.76. The number of carboxylic acids is 4. The molecule has 0 saturated carbocycles. The van der Waals surface area contributed by atoms with Crippen molar-refractivity contribution in [2.45, 2.75) is 56.8 Å². The molecule has 5 amide bonds. The number of Topliss-reactive ketones (excluding diaryl/α,β-unsaturated/α-hetero) is 1. The predicted octanol–water partition coefficient (Wildman–Crippen LogP) is -4.91. The summed E-state index contributed by atoms with van der Waals surface area (Å²) in [5.74, 6) is -8.60. The maximum atomic E-state index is 13.2. The molecule has 1 aliphatic rings. The van der Waals surface area contributed by atoms with Gasteiger partial charge in [0, 0.05) is 76.7 Å². The molecule has 340 valence electrons. The SMILES string of the molecule is CNC(CCC(=O)O)C(=O)NC(CCC(=O)NC(CSSCC(NC(=O)CN1CCN(CC(=O)O)CCN(CC(=O)O)CCN(CC(=O)O)CC1)C(N)=O)C(N)=O)C(C)=O. The van der Waals surface area contributed by atoms with Crippen molar-refractivity contribution in [3.8, 4) is 0 Å². The van der Waals surface area contributed by atoms with Crippen molar-refractivity contribution in [1.29, 1.82) is 0 Å². The molecule has 26 heteroatoms. The third-order valence-electron chi connectivity index (χ3n) is 9.06. The molecule has 0 aromatic heterocycles. The molecule has 1 aliphatic heterocycles. The smallest absolute Gasteiger partial charge is 0.317 e. The van der Waals surface area contributed by atoms with Crippen LogP contribution in [0.3, 0.4) is 0 Å². The predicted molar refractivity (Wildman–Crippen MR) is 217 cm³/mol. The number of nitrogens with two attached hydrogens (primary N) is 2. The molecule has 1 rings (SSSR count). The van der Waals surface area contributed by atoms with Gasteiger partial charge in [-0.25, -0.2) is 0 Å². The van der Waals surface area contributed by atoms with Crippen LogP contribution >= 0.6 is 21.6 Å². The maximum absolute atomic E-state index is 13.2. The van der Waals surface area contributed by atoms with Gasteiger partial charge in [-0.3, -0.25) is 67.5 Å². The lowest BCUT2D eigenvalue weighted by Crippen LogP contribution is -2.52. The van der Waals surface area contributed by atoms with Gasteiger partial charge >= 0.3 is 23.9 Å². The zero-order chi connectivity index (χ0) is 45.4. The third kappa shape index (κ3) is 23.9. The average Bonchev–Trinajstić information content (AvgIpc) is 3.14. The Bertz CT molecular complexity index is 1480. The highest BCUT2D eigenvalue weighted by Gasteiger charge is 2.27. The molecule has 60 heavy (non-hydrogen) atoms. The van der Waals surface area contributed by atoms with Gasteiger partial charge in [0.2, 0.25) is 29.5 Å². The second-order valence-electron chi connectivity index (χ2n) is 13.9. The monoisotopic (exact) mass is 894 g/mol. The quantitative estimate of drug-likeness (QED) is 0.0273. The highest BCUT2D eigenvalue weighted by Crippen LogP contribution is 2.23. The standard InChI is InChI=1S/C34H58N10O14S2/c1-21(45)22(40-34(58)23(37-2)4-6-28(48)49)3-5-26(46)38-24(32(35)56)19-59-60-20-25(33(36)57)39-27(47)15-41-7-9-42(16-29(50)51)11-13-44(18-31(54)55)14-12-43(10-8-41)17-30(52)53/h22-25,37H,3-20H2,1-2H3,(H2,35,56)(H2,36,57)(H,38,46)(H,39,47)(H,40,58)(H,48,49)(H,50,51)(H,52,53)(H,54,55). The Hall–Kier alpha value is -4.60. The van der Waals surface area contributed by atoms with Gasteiger partial charge in [-0.05, 0) is 26.8 Å². The minimum Gasteiger partial charge on any atom is -0.481 e. The molecule has 0 aromatic carbocycles. The number of carbonyl (C=O) groups is 10. The fourth-order valence-corrected chi connectivity index (χ4v) is 8.07. The van der Waals surface area contributed by atoms with Crippen molar-refractivity contribution >= 4 is 80.8 Å². The van der Waals surface area contributed by atoms with Crippen molar-refractivity contribution < 1.29 is 68.4 Å². The van der Waals surface area contributed by atoms with E-state index >= 15 is 0 Å². The number of primary amides is 2. The van der Waals surface area contributed by atoms with Crippen LogP contribution in [0, 0.1) is 0 Å². The lowest BCUT2D eigenvalue weighted by molar-refractivity contribution is -0.140. The molecular weight excluding hydrogens is 837 g/mol. The summed E-state index contributed by atoms with van der Waals surface area (Å²) in [6.45, 7) is 1.39. The summed E-state index contributed by atoms with van der Waals surface area (Å²) in [6.07, 6.45) is -0.720. The van der Waals surface area contributed by atoms with E-state index in [2.05, 4.69) is 21.3 Å². The van der Waals surface area contributed by atoms with E-state index in [0.717, 1.165) is 21.6 Å². The third-order valence-corrected chi connectivity index (χ3v) is 11.5. The molecule has 4 atom stereocenters. The van der Waals surface area contributed by atoms with E-state index in [0.29, 0.717) is 0 Å². The minimum atomic E-state index is -1.18. The van der Waals surface area contributed by atoms with Gasteiger partial charge in [-0.1, -0.05) is 21.6 Å². The van der Waals surface area contributed by atoms with Crippen LogP contribution in [0.15, 0.2) is 0 Å². The fraction of sp³-hybridized carbons (Fsp3) is 0.706. The van der Waals surface area contributed by atoms with E-state index in [-0.39, 0.29) is 116 Å². The number of nitrogens with zero attached hydrogens (tertiary/aromatic N) is 4. The van der Waals surface area contributed by atoms with E-state index in [1.54, 1.807) is 19.6 Å². The first-order chi connectivity index (χ1) is 28.2. The summed E-state index contributed by atoms with van der Waals surface area (Å²) in [6, 6.07) is -4.31. The van der Waals surface area contributed by atoms with Crippen LogP contribution in [0.1, 0.15) is 32.6 Å². The summed E-state index contributed by atoms with van der Waals surface area (Å²) in [4.78, 5) is 127. The number of hydrogen-bond acceptors (Lipinski definition) is 17. The number of amides is 5. The van der Waals surface area contributed by atoms with Gasteiger partial charge in [-0.15, -0.1) is 0 Å². The summed E-state index contributed by atoms with van der Waals surface area (Å²) >= 11 is 0. The zero-order valence-corrected chi connectivity index (χ0v) is 35.3. The lowest BCUT2D eigenvalue weighted by atomic mass is 10.1. The molecule has 0 aromatic rings. The van der Waals surface area contributed by atoms with Crippen LogP contribution in [0.5, 0.6) is 0 Å². The van der Waals surface area contributed by atoms with Crippen LogP contribution in [0.25, 0.3) is 0 Å². The van der Waals surface area contributed by atoms with Crippen molar-refractivity contribution in [3.05, 3.63) is 0 Å². The molecule has 0 radical (unpaired) electrons. The van der Waals surface area contributed by atoms with Gasteiger partial charge in [0.15, 0.2) is 5.78 Å². The second-order valence-corrected chi connectivity index (χ2v) is 16.4. The molecule has 1 fully saturated rings.